The summed E-state index contributed by atoms with van der Waals surface area (Å²) in [7, 11) is 2.77. The van der Waals surface area contributed by atoms with E-state index in [4.69, 9.17) is 4.74 Å². The van der Waals surface area contributed by atoms with E-state index in [1.807, 2.05) is 13.8 Å². The van der Waals surface area contributed by atoms with Crippen molar-refractivity contribution < 1.29 is 29.6 Å². The van der Waals surface area contributed by atoms with E-state index >= 15 is 0 Å². The molecule has 1 fully saturated rings. The van der Waals surface area contributed by atoms with Gasteiger partial charge in [-0.1, -0.05) is 13.8 Å². The molecule has 1 aromatic carbocycles. The molecule has 1 heterocycles. The van der Waals surface area contributed by atoms with Gasteiger partial charge in [0, 0.05) is 6.42 Å². The molecule has 1 aliphatic heterocycles. The molecule has 0 bridgehead atoms. The first-order valence-electron chi connectivity index (χ1n) is 6.85. The van der Waals surface area contributed by atoms with Crippen LogP contribution in [0.2, 0.25) is 0 Å². The molecule has 1 aromatic rings. The summed E-state index contributed by atoms with van der Waals surface area (Å²) in [6, 6.07) is 5.77. The molecule has 0 radical (unpaired) electrons. The Morgan fingerprint density at radius 2 is 1.81 bits per heavy atom. The number of methoxy groups -OCH3 is 2. The molecule has 118 valence electrons. The minimum Gasteiger partial charge on any atom is -0.497 e. The number of nitrogens with zero attached hydrogens (tertiary/aromatic N) is 2. The van der Waals surface area contributed by atoms with Gasteiger partial charge in [0.05, 0.1) is 31.4 Å². The molecule has 0 aliphatic carbocycles. The standard InChI is InChI=1S/C12H17N2O5.C2H6/c1-18-10-5-3-9(4-6-10)13-8-7-11(12(15)19-2)14(13,16)17;1-2/h3-6,11,16-17H,7-8H2,1-2H3;1-2H3/q+1;. The van der Waals surface area contributed by atoms with E-state index in [-0.39, 0.29) is 0 Å². The van der Waals surface area contributed by atoms with E-state index in [1.54, 1.807) is 31.4 Å². The summed E-state index contributed by atoms with van der Waals surface area (Å²) in [5.74, 6) is 0.0162. The fraction of sp³-hybridized carbons (Fsp3) is 0.500. The van der Waals surface area contributed by atoms with Crippen molar-refractivity contribution in [2.24, 2.45) is 0 Å². The molecular formula is C14H23N2O5+. The Balaban J connectivity index is 0.00000106. The molecular weight excluding hydrogens is 276 g/mol. The summed E-state index contributed by atoms with van der Waals surface area (Å²) in [4.78, 5) is 9.99. The van der Waals surface area contributed by atoms with Gasteiger partial charge in [0.15, 0.2) is 0 Å². The second-order valence-electron chi connectivity index (χ2n) is 4.26. The minimum absolute atomic E-state index is 0.297. The first-order chi connectivity index (χ1) is 10.0. The van der Waals surface area contributed by atoms with Gasteiger partial charge in [-0.05, 0) is 24.3 Å². The lowest BCUT2D eigenvalue weighted by Crippen LogP contribution is -2.58. The Bertz CT molecular complexity index is 461. The van der Waals surface area contributed by atoms with Crippen molar-refractivity contribution in [3.05, 3.63) is 24.3 Å². The van der Waals surface area contributed by atoms with Gasteiger partial charge in [-0.25, -0.2) is 4.79 Å². The van der Waals surface area contributed by atoms with Gasteiger partial charge >= 0.3 is 5.97 Å². The summed E-state index contributed by atoms with van der Waals surface area (Å²) in [6.07, 6.45) is 0.297. The van der Waals surface area contributed by atoms with Gasteiger partial charge < -0.3 is 9.47 Å². The van der Waals surface area contributed by atoms with Gasteiger partial charge in [-0.2, -0.15) is 15.4 Å². The lowest BCUT2D eigenvalue weighted by molar-refractivity contribution is -1.25. The zero-order valence-electron chi connectivity index (χ0n) is 12.8. The molecule has 2 rings (SSSR count). The number of esters is 1. The number of anilines is 1. The molecule has 1 atom stereocenters. The van der Waals surface area contributed by atoms with Crippen LogP contribution in [0.15, 0.2) is 24.3 Å². The fourth-order valence-corrected chi connectivity index (χ4v) is 2.18. The Hall–Kier alpha value is -1.83. The molecule has 1 unspecified atom stereocenters. The smallest absolute Gasteiger partial charge is 0.374 e. The van der Waals surface area contributed by atoms with Crippen molar-refractivity contribution in [1.29, 1.82) is 0 Å². The van der Waals surface area contributed by atoms with Crippen molar-refractivity contribution in [1.82, 2.24) is 0 Å². The highest BCUT2D eigenvalue weighted by atomic mass is 16.9. The third-order valence-corrected chi connectivity index (χ3v) is 3.23. The predicted octanol–water partition coefficient (Wildman–Crippen LogP) is 1.98. The third kappa shape index (κ3) is 3.44. The summed E-state index contributed by atoms with van der Waals surface area (Å²) in [6.45, 7) is 4.33. The Kier molecular flexibility index (Phi) is 5.95. The Morgan fingerprint density at radius 3 is 2.29 bits per heavy atom. The normalized spacial score (nSPS) is 19.5. The van der Waals surface area contributed by atoms with Crippen LogP contribution in [0.5, 0.6) is 5.75 Å². The van der Waals surface area contributed by atoms with Crippen LogP contribution in [0.3, 0.4) is 0 Å². The molecule has 7 heteroatoms. The molecule has 21 heavy (non-hydrogen) atoms. The SMILES string of the molecule is CC.COC(=O)C1CCN(c2ccc(OC)cc2)[N+]1(O)O. The van der Waals surface area contributed by atoms with E-state index in [0.717, 1.165) is 0 Å². The minimum atomic E-state index is -1.51. The average Bonchev–Trinajstić information content (AvgIpc) is 2.83. The predicted molar refractivity (Wildman–Crippen MR) is 75.9 cm³/mol. The molecule has 0 aromatic heterocycles. The average molecular weight is 299 g/mol. The van der Waals surface area contributed by atoms with Crippen LogP contribution in [-0.2, 0) is 9.53 Å². The highest BCUT2D eigenvalue weighted by Gasteiger charge is 2.54. The summed E-state index contributed by atoms with van der Waals surface area (Å²) < 4.78 is 9.61. The van der Waals surface area contributed by atoms with E-state index in [9.17, 15) is 15.2 Å². The maximum absolute atomic E-state index is 11.5. The zero-order chi connectivity index (χ0) is 16.0. The van der Waals surface area contributed by atoms with Crippen LogP contribution in [0, 0.1) is 0 Å². The van der Waals surface area contributed by atoms with Gasteiger partial charge in [-0.15, -0.1) is 0 Å². The summed E-state index contributed by atoms with van der Waals surface area (Å²) in [5.41, 5.74) is 0.581. The van der Waals surface area contributed by atoms with Crippen LogP contribution in [0.25, 0.3) is 0 Å². The number of carbonyl (C=O) groups excluding carboxylic acids is 1. The topological polar surface area (TPSA) is 79.2 Å². The largest absolute Gasteiger partial charge is 0.497 e. The van der Waals surface area contributed by atoms with Gasteiger partial charge in [0.25, 0.3) is 6.04 Å². The number of benzene rings is 1. The van der Waals surface area contributed by atoms with Crippen LogP contribution in [0.1, 0.15) is 20.3 Å². The lowest BCUT2D eigenvalue weighted by atomic mass is 10.2. The highest BCUT2D eigenvalue weighted by Crippen LogP contribution is 2.31. The molecule has 0 spiro atoms. The first kappa shape index (κ1) is 17.2. The van der Waals surface area contributed by atoms with Gasteiger partial charge in [0.1, 0.15) is 5.75 Å². The van der Waals surface area contributed by atoms with Crippen LogP contribution >= 0.6 is 0 Å². The maximum Gasteiger partial charge on any atom is 0.374 e. The van der Waals surface area contributed by atoms with E-state index in [2.05, 4.69) is 4.74 Å². The number of rotatable bonds is 3. The first-order valence-corrected chi connectivity index (χ1v) is 6.85. The highest BCUT2D eigenvalue weighted by molar-refractivity contribution is 5.75. The number of ether oxygens (including phenoxy) is 2. The van der Waals surface area contributed by atoms with Crippen LogP contribution in [0.4, 0.5) is 5.69 Å². The summed E-state index contributed by atoms with van der Waals surface area (Å²) >= 11 is 0. The molecule has 1 aliphatic rings. The van der Waals surface area contributed by atoms with Gasteiger partial charge in [-0.3, -0.25) is 0 Å². The fourth-order valence-electron chi connectivity index (χ4n) is 2.18. The van der Waals surface area contributed by atoms with E-state index in [0.29, 0.717) is 24.4 Å². The summed E-state index contributed by atoms with van der Waals surface area (Å²) in [5, 5.41) is 21.5. The van der Waals surface area contributed by atoms with Crippen molar-refractivity contribution in [3.8, 4) is 5.75 Å². The van der Waals surface area contributed by atoms with Crippen molar-refractivity contribution in [2.75, 3.05) is 25.8 Å². The number of carbonyl (C=O) groups is 1. The van der Waals surface area contributed by atoms with Crippen LogP contribution in [-0.4, -0.2) is 48.1 Å². The zero-order valence-corrected chi connectivity index (χ0v) is 12.8. The molecule has 0 saturated carbocycles. The molecule has 1 saturated heterocycles. The molecule has 7 nitrogen and oxygen atoms in total. The number of hydrogen-bond donors (Lipinski definition) is 2. The number of hydroxylamine groups is 2. The maximum atomic E-state index is 11.5. The monoisotopic (exact) mass is 299 g/mol. The number of hydrogen-bond acceptors (Lipinski definition) is 6. The lowest BCUT2D eigenvalue weighted by Gasteiger charge is -2.29. The Morgan fingerprint density at radius 1 is 1.24 bits per heavy atom. The van der Waals surface area contributed by atoms with E-state index < -0.39 is 16.9 Å². The quantitative estimate of drug-likeness (QED) is 0.656. The second kappa shape index (κ2) is 7.26. The Labute approximate surface area is 124 Å². The second-order valence-corrected chi connectivity index (χ2v) is 4.26. The molecule has 2 N–H and O–H groups in total. The third-order valence-electron chi connectivity index (χ3n) is 3.23. The van der Waals surface area contributed by atoms with E-state index in [1.165, 1.54) is 12.1 Å². The van der Waals surface area contributed by atoms with Gasteiger partial charge in [0.2, 0.25) is 0 Å². The van der Waals surface area contributed by atoms with Crippen molar-refractivity contribution in [3.63, 3.8) is 0 Å². The molecule has 0 amide bonds. The van der Waals surface area contributed by atoms with Crippen LogP contribution < -0.4 is 9.75 Å². The number of quaternary nitrogens is 1. The van der Waals surface area contributed by atoms with Crippen molar-refractivity contribution in [2.45, 2.75) is 26.3 Å². The van der Waals surface area contributed by atoms with Crippen molar-refractivity contribution >= 4 is 11.7 Å².